The molecule has 1 rings (SSSR count). The van der Waals surface area contributed by atoms with E-state index in [1.54, 1.807) is 7.11 Å². The van der Waals surface area contributed by atoms with Crippen LogP contribution in [-0.2, 0) is 14.8 Å². The van der Waals surface area contributed by atoms with E-state index >= 15 is 0 Å². The Morgan fingerprint density at radius 1 is 1.57 bits per heavy atom. The number of ether oxygens (including phenoxy) is 1. The van der Waals surface area contributed by atoms with Gasteiger partial charge in [-0.1, -0.05) is 0 Å². The van der Waals surface area contributed by atoms with E-state index in [4.69, 9.17) is 10.5 Å². The SMILES string of the molecule is COCC1CCN(S(=O)(=O)CCN)C1. The highest BCUT2D eigenvalue weighted by atomic mass is 32.2. The van der Waals surface area contributed by atoms with Gasteiger partial charge in [0, 0.05) is 26.7 Å². The van der Waals surface area contributed by atoms with E-state index < -0.39 is 10.0 Å². The fourth-order valence-corrected chi connectivity index (χ4v) is 3.08. The third-order valence-electron chi connectivity index (χ3n) is 2.42. The fourth-order valence-electron chi connectivity index (χ4n) is 1.70. The monoisotopic (exact) mass is 222 g/mol. The molecule has 6 heteroatoms. The van der Waals surface area contributed by atoms with Crippen molar-refractivity contribution < 1.29 is 13.2 Å². The Morgan fingerprint density at radius 3 is 2.86 bits per heavy atom. The lowest BCUT2D eigenvalue weighted by Crippen LogP contribution is -2.33. The van der Waals surface area contributed by atoms with E-state index in [0.29, 0.717) is 25.6 Å². The maximum Gasteiger partial charge on any atom is 0.215 e. The van der Waals surface area contributed by atoms with E-state index in [1.807, 2.05) is 0 Å². The van der Waals surface area contributed by atoms with Gasteiger partial charge in [-0.2, -0.15) is 0 Å². The molecule has 0 bridgehead atoms. The first-order valence-electron chi connectivity index (χ1n) is 4.77. The van der Waals surface area contributed by atoms with E-state index in [9.17, 15) is 8.42 Å². The number of rotatable bonds is 5. The number of hydrogen-bond donors (Lipinski definition) is 1. The summed E-state index contributed by atoms with van der Waals surface area (Å²) in [5.74, 6) is 0.389. The Morgan fingerprint density at radius 2 is 2.29 bits per heavy atom. The molecule has 5 nitrogen and oxygen atoms in total. The summed E-state index contributed by atoms with van der Waals surface area (Å²) in [6, 6.07) is 0. The molecule has 0 amide bonds. The average molecular weight is 222 g/mol. The minimum absolute atomic E-state index is 0.0483. The van der Waals surface area contributed by atoms with Crippen LogP contribution < -0.4 is 5.73 Å². The maximum absolute atomic E-state index is 11.6. The first-order chi connectivity index (χ1) is 6.60. The molecule has 1 fully saturated rings. The smallest absolute Gasteiger partial charge is 0.215 e. The van der Waals surface area contributed by atoms with Crippen molar-refractivity contribution in [3.63, 3.8) is 0 Å². The molecule has 0 saturated carbocycles. The third-order valence-corrected chi connectivity index (χ3v) is 4.29. The molecular formula is C8H18N2O3S. The van der Waals surface area contributed by atoms with Gasteiger partial charge in [0.2, 0.25) is 10.0 Å². The minimum Gasteiger partial charge on any atom is -0.384 e. The Labute approximate surface area is 85.3 Å². The zero-order chi connectivity index (χ0) is 10.6. The largest absolute Gasteiger partial charge is 0.384 e. The molecule has 0 aromatic rings. The van der Waals surface area contributed by atoms with Crippen molar-refractivity contribution in [3.05, 3.63) is 0 Å². The summed E-state index contributed by atoms with van der Waals surface area (Å²) in [5, 5.41) is 0. The maximum atomic E-state index is 11.6. The lowest BCUT2D eigenvalue weighted by atomic mass is 10.1. The zero-order valence-corrected chi connectivity index (χ0v) is 9.29. The van der Waals surface area contributed by atoms with Gasteiger partial charge in [0.15, 0.2) is 0 Å². The van der Waals surface area contributed by atoms with Crippen LogP contribution in [0.2, 0.25) is 0 Å². The molecule has 1 unspecified atom stereocenters. The van der Waals surface area contributed by atoms with Gasteiger partial charge in [0.25, 0.3) is 0 Å². The Kier molecular flexibility index (Phi) is 4.31. The minimum atomic E-state index is -3.11. The lowest BCUT2D eigenvalue weighted by molar-refractivity contribution is 0.157. The molecule has 0 aromatic heterocycles. The van der Waals surface area contributed by atoms with Crippen LogP contribution in [0.1, 0.15) is 6.42 Å². The molecule has 0 aliphatic carbocycles. The quantitative estimate of drug-likeness (QED) is 0.664. The van der Waals surface area contributed by atoms with Crippen LogP contribution in [0.15, 0.2) is 0 Å². The van der Waals surface area contributed by atoms with Crippen molar-refractivity contribution in [3.8, 4) is 0 Å². The molecule has 1 saturated heterocycles. The number of nitrogens with two attached hydrogens (primary N) is 1. The van der Waals surface area contributed by atoms with Crippen molar-refractivity contribution in [2.24, 2.45) is 11.7 Å². The van der Waals surface area contributed by atoms with Crippen LogP contribution >= 0.6 is 0 Å². The standard InChI is InChI=1S/C8H18N2O3S/c1-13-7-8-2-4-10(6-8)14(11,12)5-3-9/h8H,2-7,9H2,1H3. The molecule has 0 aromatic carbocycles. The summed E-state index contributed by atoms with van der Waals surface area (Å²) < 4.78 is 29.7. The molecular weight excluding hydrogens is 204 g/mol. The molecule has 1 atom stereocenters. The number of nitrogens with zero attached hydrogens (tertiary/aromatic N) is 1. The predicted octanol–water partition coefficient (Wildman–Crippen LogP) is -0.757. The van der Waals surface area contributed by atoms with Gasteiger partial charge in [-0.3, -0.25) is 0 Å². The number of sulfonamides is 1. The third kappa shape index (κ3) is 2.91. The van der Waals surface area contributed by atoms with Gasteiger partial charge in [0.05, 0.1) is 12.4 Å². The van der Waals surface area contributed by atoms with Crippen molar-refractivity contribution >= 4 is 10.0 Å². The Balaban J connectivity index is 2.49. The van der Waals surface area contributed by atoms with Crippen LogP contribution in [0.3, 0.4) is 0 Å². The van der Waals surface area contributed by atoms with Gasteiger partial charge >= 0.3 is 0 Å². The molecule has 1 heterocycles. The lowest BCUT2D eigenvalue weighted by Gasteiger charge is -2.15. The molecule has 0 spiro atoms. The summed E-state index contributed by atoms with van der Waals surface area (Å²) in [6.07, 6.45) is 0.887. The normalized spacial score (nSPS) is 24.3. The van der Waals surface area contributed by atoms with Crippen LogP contribution in [0.25, 0.3) is 0 Å². The summed E-state index contributed by atoms with van der Waals surface area (Å²) >= 11 is 0. The van der Waals surface area contributed by atoms with Crippen molar-refractivity contribution in [1.82, 2.24) is 4.31 Å². The second kappa shape index (κ2) is 5.06. The Bertz CT molecular complexity index is 266. The summed E-state index contributed by atoms with van der Waals surface area (Å²) in [5.41, 5.74) is 5.25. The Hall–Kier alpha value is -0.170. The summed E-state index contributed by atoms with van der Waals surface area (Å²) in [4.78, 5) is 0. The van der Waals surface area contributed by atoms with E-state index in [0.717, 1.165) is 6.42 Å². The van der Waals surface area contributed by atoms with Crippen LogP contribution in [0.5, 0.6) is 0 Å². The van der Waals surface area contributed by atoms with E-state index in [-0.39, 0.29) is 12.3 Å². The average Bonchev–Trinajstić information content (AvgIpc) is 2.54. The number of methoxy groups -OCH3 is 1. The predicted molar refractivity (Wildman–Crippen MR) is 54.4 cm³/mol. The molecule has 1 aliphatic rings. The topological polar surface area (TPSA) is 72.6 Å². The first-order valence-corrected chi connectivity index (χ1v) is 6.38. The van der Waals surface area contributed by atoms with Crippen molar-refractivity contribution in [1.29, 1.82) is 0 Å². The number of hydrogen-bond acceptors (Lipinski definition) is 4. The van der Waals surface area contributed by atoms with Gasteiger partial charge in [-0.25, -0.2) is 12.7 Å². The van der Waals surface area contributed by atoms with Gasteiger partial charge in [0.1, 0.15) is 0 Å². The van der Waals surface area contributed by atoms with Crippen molar-refractivity contribution in [2.75, 3.05) is 39.1 Å². The second-order valence-corrected chi connectivity index (χ2v) is 5.66. The van der Waals surface area contributed by atoms with Crippen LogP contribution in [0.4, 0.5) is 0 Å². The van der Waals surface area contributed by atoms with Gasteiger partial charge in [-0.05, 0) is 12.3 Å². The van der Waals surface area contributed by atoms with Gasteiger partial charge in [-0.15, -0.1) is 0 Å². The summed E-state index contributed by atoms with van der Waals surface area (Å²) in [7, 11) is -1.47. The zero-order valence-electron chi connectivity index (χ0n) is 8.48. The molecule has 14 heavy (non-hydrogen) atoms. The van der Waals surface area contributed by atoms with E-state index in [2.05, 4.69) is 0 Å². The second-order valence-electron chi connectivity index (χ2n) is 3.57. The highest BCUT2D eigenvalue weighted by Gasteiger charge is 2.30. The first kappa shape index (κ1) is 11.9. The molecule has 84 valence electrons. The van der Waals surface area contributed by atoms with E-state index in [1.165, 1.54) is 4.31 Å². The van der Waals surface area contributed by atoms with Gasteiger partial charge < -0.3 is 10.5 Å². The highest BCUT2D eigenvalue weighted by Crippen LogP contribution is 2.19. The summed E-state index contributed by atoms with van der Waals surface area (Å²) in [6.45, 7) is 2.01. The molecule has 2 N–H and O–H groups in total. The van der Waals surface area contributed by atoms with Crippen molar-refractivity contribution in [2.45, 2.75) is 6.42 Å². The van der Waals surface area contributed by atoms with Crippen LogP contribution in [0, 0.1) is 5.92 Å². The van der Waals surface area contributed by atoms with Crippen LogP contribution in [-0.4, -0.2) is 51.8 Å². The molecule has 0 radical (unpaired) electrons. The molecule has 1 aliphatic heterocycles. The highest BCUT2D eigenvalue weighted by molar-refractivity contribution is 7.89. The fraction of sp³-hybridized carbons (Fsp3) is 1.00.